The third-order valence-electron chi connectivity index (χ3n) is 3.43. The highest BCUT2D eigenvalue weighted by molar-refractivity contribution is 5.69. The van der Waals surface area contributed by atoms with E-state index in [9.17, 15) is 0 Å². The van der Waals surface area contributed by atoms with Crippen molar-refractivity contribution < 1.29 is 4.74 Å². The number of rotatable bonds is 3. The highest BCUT2D eigenvalue weighted by atomic mass is 16.5. The van der Waals surface area contributed by atoms with Crippen LogP contribution >= 0.6 is 0 Å². The standard InChI is InChI=1S/C13H19N5O/c1-10-7-12-13(15-3-4-18(12)16-10)17-5-6-19-9-11(17)8-14-2/h3-4,7,11,14H,5-6,8-9H2,1-2H3. The Morgan fingerprint density at radius 2 is 2.42 bits per heavy atom. The van der Waals surface area contributed by atoms with Crippen LogP contribution in [0.15, 0.2) is 18.5 Å². The lowest BCUT2D eigenvalue weighted by atomic mass is 10.2. The van der Waals surface area contributed by atoms with Gasteiger partial charge in [-0.1, -0.05) is 0 Å². The predicted octanol–water partition coefficient (Wildman–Crippen LogP) is 0.462. The summed E-state index contributed by atoms with van der Waals surface area (Å²) in [6.45, 7) is 5.23. The topological polar surface area (TPSA) is 54.7 Å². The molecule has 0 saturated carbocycles. The van der Waals surface area contributed by atoms with Crippen LogP contribution in [0, 0.1) is 6.92 Å². The smallest absolute Gasteiger partial charge is 0.155 e. The maximum atomic E-state index is 5.57. The minimum atomic E-state index is 0.313. The molecule has 1 atom stereocenters. The van der Waals surface area contributed by atoms with Crippen LogP contribution in [0.1, 0.15) is 5.69 Å². The Morgan fingerprint density at radius 3 is 3.26 bits per heavy atom. The maximum absolute atomic E-state index is 5.57. The van der Waals surface area contributed by atoms with E-state index in [0.717, 1.165) is 43.3 Å². The number of fused-ring (bicyclic) bond motifs is 1. The Hall–Kier alpha value is -1.66. The average Bonchev–Trinajstić information content (AvgIpc) is 2.80. The molecule has 6 nitrogen and oxygen atoms in total. The summed E-state index contributed by atoms with van der Waals surface area (Å²) < 4.78 is 7.46. The summed E-state index contributed by atoms with van der Waals surface area (Å²) in [5.41, 5.74) is 2.07. The second-order valence-electron chi connectivity index (χ2n) is 4.85. The van der Waals surface area contributed by atoms with Crippen LogP contribution in [-0.2, 0) is 4.74 Å². The Labute approximate surface area is 112 Å². The van der Waals surface area contributed by atoms with Crippen molar-refractivity contribution in [2.75, 3.05) is 38.3 Å². The molecule has 1 N–H and O–H groups in total. The zero-order valence-electron chi connectivity index (χ0n) is 11.3. The number of morpholine rings is 1. The molecule has 3 rings (SSSR count). The van der Waals surface area contributed by atoms with E-state index in [1.807, 2.05) is 24.7 Å². The number of aromatic nitrogens is 3. The summed E-state index contributed by atoms with van der Waals surface area (Å²) in [4.78, 5) is 6.87. The van der Waals surface area contributed by atoms with E-state index in [4.69, 9.17) is 4.74 Å². The molecule has 0 radical (unpaired) electrons. The van der Waals surface area contributed by atoms with Crippen molar-refractivity contribution in [3.05, 3.63) is 24.2 Å². The van der Waals surface area contributed by atoms with Crippen molar-refractivity contribution in [3.8, 4) is 0 Å². The molecule has 2 aromatic heterocycles. The molecule has 0 aromatic carbocycles. The van der Waals surface area contributed by atoms with Gasteiger partial charge in [-0.3, -0.25) is 0 Å². The molecule has 102 valence electrons. The first-order chi connectivity index (χ1) is 9.29. The number of anilines is 1. The Balaban J connectivity index is 2.01. The first-order valence-corrected chi connectivity index (χ1v) is 6.59. The van der Waals surface area contributed by atoms with Gasteiger partial charge in [0.1, 0.15) is 5.52 Å². The highest BCUT2D eigenvalue weighted by Gasteiger charge is 2.25. The van der Waals surface area contributed by atoms with Gasteiger partial charge >= 0.3 is 0 Å². The van der Waals surface area contributed by atoms with E-state index in [1.165, 1.54) is 0 Å². The number of hydrogen-bond acceptors (Lipinski definition) is 5. The number of likely N-dealkylation sites (N-methyl/N-ethyl adjacent to an activating group) is 1. The molecule has 6 heteroatoms. The molecule has 1 aliphatic rings. The van der Waals surface area contributed by atoms with E-state index in [2.05, 4.69) is 26.4 Å². The summed E-state index contributed by atoms with van der Waals surface area (Å²) >= 11 is 0. The molecule has 0 spiro atoms. The van der Waals surface area contributed by atoms with Crippen LogP contribution in [0.5, 0.6) is 0 Å². The zero-order valence-corrected chi connectivity index (χ0v) is 11.3. The average molecular weight is 261 g/mol. The van der Waals surface area contributed by atoms with Crippen LogP contribution < -0.4 is 10.2 Å². The molecular formula is C13H19N5O. The van der Waals surface area contributed by atoms with Gasteiger partial charge in [-0.2, -0.15) is 5.10 Å². The molecule has 3 heterocycles. The van der Waals surface area contributed by atoms with E-state index in [-0.39, 0.29) is 0 Å². The minimum Gasteiger partial charge on any atom is -0.377 e. The van der Waals surface area contributed by atoms with Crippen LogP contribution in [0.4, 0.5) is 5.82 Å². The number of ether oxygens (including phenoxy) is 1. The van der Waals surface area contributed by atoms with Crippen molar-refractivity contribution >= 4 is 11.3 Å². The molecule has 1 saturated heterocycles. The largest absolute Gasteiger partial charge is 0.377 e. The lowest BCUT2D eigenvalue weighted by Crippen LogP contribution is -2.50. The van der Waals surface area contributed by atoms with Crippen LogP contribution in [0.3, 0.4) is 0 Å². The summed E-state index contributed by atoms with van der Waals surface area (Å²) in [5.74, 6) is 0.992. The van der Waals surface area contributed by atoms with Crippen molar-refractivity contribution in [1.29, 1.82) is 0 Å². The number of aryl methyl sites for hydroxylation is 1. The third kappa shape index (κ3) is 2.29. The van der Waals surface area contributed by atoms with Gasteiger partial charge in [0.05, 0.1) is 24.9 Å². The second kappa shape index (κ2) is 5.14. The molecule has 1 unspecified atom stereocenters. The summed E-state index contributed by atoms with van der Waals surface area (Å²) in [5, 5.41) is 7.66. The van der Waals surface area contributed by atoms with Gasteiger partial charge in [0.2, 0.25) is 0 Å². The molecule has 0 aliphatic carbocycles. The molecule has 1 aliphatic heterocycles. The predicted molar refractivity (Wildman–Crippen MR) is 73.6 cm³/mol. The molecule has 0 amide bonds. The van der Waals surface area contributed by atoms with E-state index < -0.39 is 0 Å². The fourth-order valence-electron chi connectivity index (χ4n) is 2.59. The van der Waals surface area contributed by atoms with Crippen molar-refractivity contribution in [1.82, 2.24) is 19.9 Å². The van der Waals surface area contributed by atoms with Crippen LogP contribution in [-0.4, -0.2) is 54.0 Å². The van der Waals surface area contributed by atoms with Gasteiger partial charge in [0, 0.05) is 25.5 Å². The Bertz CT molecular complexity index is 565. The van der Waals surface area contributed by atoms with Gasteiger partial charge in [0.15, 0.2) is 5.82 Å². The molecule has 1 fully saturated rings. The fourth-order valence-corrected chi connectivity index (χ4v) is 2.59. The van der Waals surface area contributed by atoms with E-state index in [0.29, 0.717) is 6.04 Å². The first-order valence-electron chi connectivity index (χ1n) is 6.59. The third-order valence-corrected chi connectivity index (χ3v) is 3.43. The van der Waals surface area contributed by atoms with Crippen molar-refractivity contribution in [3.63, 3.8) is 0 Å². The maximum Gasteiger partial charge on any atom is 0.155 e. The highest BCUT2D eigenvalue weighted by Crippen LogP contribution is 2.23. The summed E-state index contributed by atoms with van der Waals surface area (Å²) in [7, 11) is 1.96. The van der Waals surface area contributed by atoms with E-state index >= 15 is 0 Å². The Kier molecular flexibility index (Phi) is 3.35. The van der Waals surface area contributed by atoms with Gasteiger partial charge in [-0.05, 0) is 20.0 Å². The SMILES string of the molecule is CNCC1COCCN1c1nccn2nc(C)cc12. The lowest BCUT2D eigenvalue weighted by Gasteiger charge is -2.36. The second-order valence-corrected chi connectivity index (χ2v) is 4.85. The van der Waals surface area contributed by atoms with E-state index in [1.54, 1.807) is 6.20 Å². The van der Waals surface area contributed by atoms with Crippen molar-refractivity contribution in [2.45, 2.75) is 13.0 Å². The lowest BCUT2D eigenvalue weighted by molar-refractivity contribution is 0.0940. The monoisotopic (exact) mass is 261 g/mol. The zero-order chi connectivity index (χ0) is 13.2. The number of hydrogen-bond donors (Lipinski definition) is 1. The van der Waals surface area contributed by atoms with Gasteiger partial charge in [-0.25, -0.2) is 9.50 Å². The molecule has 19 heavy (non-hydrogen) atoms. The summed E-state index contributed by atoms with van der Waals surface area (Å²) in [6.07, 6.45) is 3.69. The van der Waals surface area contributed by atoms with Crippen LogP contribution in [0.2, 0.25) is 0 Å². The molecule has 0 bridgehead atoms. The number of nitrogens with one attached hydrogen (secondary N) is 1. The fraction of sp³-hybridized carbons (Fsp3) is 0.538. The first kappa shape index (κ1) is 12.4. The quantitative estimate of drug-likeness (QED) is 0.870. The van der Waals surface area contributed by atoms with Crippen LogP contribution in [0.25, 0.3) is 5.52 Å². The Morgan fingerprint density at radius 1 is 1.53 bits per heavy atom. The molecular weight excluding hydrogens is 242 g/mol. The van der Waals surface area contributed by atoms with Gasteiger partial charge < -0.3 is 15.0 Å². The van der Waals surface area contributed by atoms with Gasteiger partial charge in [-0.15, -0.1) is 0 Å². The number of nitrogens with zero attached hydrogens (tertiary/aromatic N) is 4. The molecule has 2 aromatic rings. The normalized spacial score (nSPS) is 20.1. The van der Waals surface area contributed by atoms with Crippen molar-refractivity contribution in [2.24, 2.45) is 0 Å². The van der Waals surface area contributed by atoms with Gasteiger partial charge in [0.25, 0.3) is 0 Å². The minimum absolute atomic E-state index is 0.313. The summed E-state index contributed by atoms with van der Waals surface area (Å²) in [6, 6.07) is 2.39.